The van der Waals surface area contributed by atoms with Crippen LogP contribution in [0.3, 0.4) is 0 Å². The molecule has 2 aliphatic heterocycles. The molecule has 0 unspecified atom stereocenters. The highest BCUT2D eigenvalue weighted by molar-refractivity contribution is 7.80. The fraction of sp³-hybridized carbons (Fsp3) is 0.263. The van der Waals surface area contributed by atoms with Gasteiger partial charge in [0.05, 0.1) is 13.2 Å². The number of thiocarbonyl (C=S) groups is 1. The van der Waals surface area contributed by atoms with E-state index in [1.54, 1.807) is 31.4 Å². The smallest absolute Gasteiger partial charge is 0.236 e. The number of para-hydroxylation sites is 1. The third-order valence-corrected chi connectivity index (χ3v) is 5.01. The van der Waals surface area contributed by atoms with Gasteiger partial charge in [0.25, 0.3) is 0 Å². The maximum Gasteiger partial charge on any atom is 0.236 e. The fourth-order valence-corrected chi connectivity index (χ4v) is 3.91. The first kappa shape index (κ1) is 16.7. The lowest BCUT2D eigenvalue weighted by Crippen LogP contribution is -2.70. The molecule has 3 atom stereocenters. The molecule has 0 saturated carbocycles. The van der Waals surface area contributed by atoms with Crippen molar-refractivity contribution < 1.29 is 14.3 Å². The number of anilines is 1. The number of ether oxygens (including phenoxy) is 2. The van der Waals surface area contributed by atoms with E-state index in [1.165, 1.54) is 0 Å². The van der Waals surface area contributed by atoms with Crippen molar-refractivity contribution in [3.8, 4) is 11.5 Å². The predicted molar refractivity (Wildman–Crippen MR) is 102 cm³/mol. The lowest BCUT2D eigenvalue weighted by molar-refractivity contribution is -0.132. The number of hydrogen-bond donors (Lipinski definition) is 3. The number of nitrogens with one attached hydrogen (secondary N) is 3. The predicted octanol–water partition coefficient (Wildman–Crippen LogP) is 2.58. The summed E-state index contributed by atoms with van der Waals surface area (Å²) in [6, 6.07) is 14.6. The molecule has 26 heavy (non-hydrogen) atoms. The summed E-state index contributed by atoms with van der Waals surface area (Å²) in [5, 5.41) is 9.78. The Labute approximate surface area is 156 Å². The van der Waals surface area contributed by atoms with Crippen LogP contribution in [0.25, 0.3) is 0 Å². The van der Waals surface area contributed by atoms with Gasteiger partial charge in [-0.15, -0.1) is 0 Å². The maximum absolute atomic E-state index is 13.1. The molecule has 7 heteroatoms. The molecule has 1 amide bonds. The molecule has 2 heterocycles. The standard InChI is InChI=1S/C19H19N3O3S/c1-19-15(17(23)20-11-7-9-12(24-2)10-8-11)16(21-18(26)22-19)13-5-3-4-6-14(13)25-19/h3-10,15-16H,1-2H3,(H,20,23)(H2,21,22,26)/t15-,16-,19-/m0/s1. The van der Waals surface area contributed by atoms with E-state index in [9.17, 15) is 4.79 Å². The van der Waals surface area contributed by atoms with Crippen molar-refractivity contribution >= 4 is 28.9 Å². The van der Waals surface area contributed by atoms with Crippen LogP contribution in [-0.2, 0) is 4.79 Å². The monoisotopic (exact) mass is 369 g/mol. The Kier molecular flexibility index (Phi) is 3.96. The van der Waals surface area contributed by atoms with Crippen LogP contribution < -0.4 is 25.4 Å². The summed E-state index contributed by atoms with van der Waals surface area (Å²) in [6.45, 7) is 1.85. The number of fused-ring (bicyclic) bond motifs is 4. The highest BCUT2D eigenvalue weighted by Gasteiger charge is 2.54. The van der Waals surface area contributed by atoms with Gasteiger partial charge in [-0.2, -0.15) is 0 Å². The second kappa shape index (κ2) is 6.17. The molecule has 3 N–H and O–H groups in total. The molecule has 0 spiro atoms. The van der Waals surface area contributed by atoms with Crippen LogP contribution in [0.4, 0.5) is 5.69 Å². The van der Waals surface area contributed by atoms with Crippen LogP contribution >= 0.6 is 12.2 Å². The van der Waals surface area contributed by atoms with E-state index >= 15 is 0 Å². The highest BCUT2D eigenvalue weighted by Crippen LogP contribution is 2.44. The molecule has 134 valence electrons. The molecular formula is C19H19N3O3S. The van der Waals surface area contributed by atoms with E-state index in [0.717, 1.165) is 17.1 Å². The van der Waals surface area contributed by atoms with Crippen LogP contribution in [0.1, 0.15) is 18.5 Å². The molecule has 2 aliphatic rings. The van der Waals surface area contributed by atoms with Crippen LogP contribution in [0.5, 0.6) is 11.5 Å². The van der Waals surface area contributed by atoms with Crippen molar-refractivity contribution in [3.05, 3.63) is 54.1 Å². The molecule has 0 radical (unpaired) electrons. The van der Waals surface area contributed by atoms with Gasteiger partial charge in [0, 0.05) is 11.3 Å². The fourth-order valence-electron chi connectivity index (χ4n) is 3.58. The second-order valence-corrected chi connectivity index (χ2v) is 6.93. The molecular weight excluding hydrogens is 350 g/mol. The van der Waals surface area contributed by atoms with Gasteiger partial charge in [-0.25, -0.2) is 0 Å². The summed E-state index contributed by atoms with van der Waals surface area (Å²) in [5.74, 6) is 0.817. The number of amides is 1. The summed E-state index contributed by atoms with van der Waals surface area (Å²) in [7, 11) is 1.60. The molecule has 6 nitrogen and oxygen atoms in total. The van der Waals surface area contributed by atoms with Crippen LogP contribution in [0.15, 0.2) is 48.5 Å². The van der Waals surface area contributed by atoms with Gasteiger partial charge in [-0.05, 0) is 49.5 Å². The van der Waals surface area contributed by atoms with Crippen molar-refractivity contribution in [1.82, 2.24) is 10.6 Å². The quantitative estimate of drug-likeness (QED) is 0.723. The Hall–Kier alpha value is -2.80. The molecule has 1 fully saturated rings. The Morgan fingerprint density at radius 1 is 1.23 bits per heavy atom. The molecule has 0 aromatic heterocycles. The number of carbonyl (C=O) groups excluding carboxylic acids is 1. The zero-order chi connectivity index (χ0) is 18.3. The van der Waals surface area contributed by atoms with Crippen molar-refractivity contribution in [3.63, 3.8) is 0 Å². The minimum atomic E-state index is -0.933. The van der Waals surface area contributed by atoms with Crippen molar-refractivity contribution in [2.75, 3.05) is 12.4 Å². The lowest BCUT2D eigenvalue weighted by Gasteiger charge is -2.50. The molecule has 2 bridgehead atoms. The molecule has 0 aliphatic carbocycles. The Balaban J connectivity index is 1.66. The van der Waals surface area contributed by atoms with Crippen LogP contribution in [0, 0.1) is 5.92 Å². The van der Waals surface area contributed by atoms with E-state index in [-0.39, 0.29) is 11.9 Å². The van der Waals surface area contributed by atoms with Crippen molar-refractivity contribution in [2.45, 2.75) is 18.7 Å². The molecule has 2 aromatic rings. The summed E-state index contributed by atoms with van der Waals surface area (Å²) in [4.78, 5) is 13.1. The Morgan fingerprint density at radius 2 is 1.96 bits per heavy atom. The highest BCUT2D eigenvalue weighted by atomic mass is 32.1. The van der Waals surface area contributed by atoms with Gasteiger partial charge in [-0.3, -0.25) is 4.79 Å². The van der Waals surface area contributed by atoms with Crippen molar-refractivity contribution in [1.29, 1.82) is 0 Å². The number of benzene rings is 2. The van der Waals surface area contributed by atoms with Gasteiger partial charge in [0.1, 0.15) is 17.4 Å². The topological polar surface area (TPSA) is 71.6 Å². The summed E-state index contributed by atoms with van der Waals surface area (Å²) < 4.78 is 11.3. The SMILES string of the molecule is COc1ccc(NC(=O)[C@@H]2[C@H]3NC(=S)N[C@@]2(C)Oc2ccccc23)cc1. The number of methoxy groups -OCH3 is 1. The minimum Gasteiger partial charge on any atom is -0.497 e. The lowest BCUT2D eigenvalue weighted by atomic mass is 9.80. The third-order valence-electron chi connectivity index (χ3n) is 4.79. The number of carbonyl (C=O) groups is 1. The minimum absolute atomic E-state index is 0.153. The second-order valence-electron chi connectivity index (χ2n) is 6.52. The van der Waals surface area contributed by atoms with Gasteiger partial charge in [0.2, 0.25) is 5.91 Å². The summed E-state index contributed by atoms with van der Waals surface area (Å²) in [6.07, 6.45) is 0. The molecule has 2 aromatic carbocycles. The Morgan fingerprint density at radius 3 is 2.69 bits per heavy atom. The zero-order valence-electron chi connectivity index (χ0n) is 14.4. The van der Waals surface area contributed by atoms with Crippen molar-refractivity contribution in [2.24, 2.45) is 5.92 Å². The molecule has 4 rings (SSSR count). The van der Waals surface area contributed by atoms with E-state index < -0.39 is 11.6 Å². The van der Waals surface area contributed by atoms with Crippen LogP contribution in [-0.4, -0.2) is 23.9 Å². The Bertz CT molecular complexity index is 871. The van der Waals surface area contributed by atoms with E-state index in [0.29, 0.717) is 10.8 Å². The summed E-state index contributed by atoms with van der Waals surface area (Å²) in [5.41, 5.74) is 0.681. The van der Waals surface area contributed by atoms with Gasteiger partial charge in [-0.1, -0.05) is 18.2 Å². The molecule has 1 saturated heterocycles. The normalized spacial score (nSPS) is 25.8. The number of hydrogen-bond acceptors (Lipinski definition) is 4. The average Bonchev–Trinajstić information content (AvgIpc) is 2.61. The average molecular weight is 369 g/mol. The first-order valence-electron chi connectivity index (χ1n) is 8.32. The van der Waals surface area contributed by atoms with Gasteiger partial charge < -0.3 is 25.4 Å². The zero-order valence-corrected chi connectivity index (χ0v) is 15.2. The van der Waals surface area contributed by atoms with Crippen LogP contribution in [0.2, 0.25) is 0 Å². The van der Waals surface area contributed by atoms with E-state index in [4.69, 9.17) is 21.7 Å². The van der Waals surface area contributed by atoms with Gasteiger partial charge >= 0.3 is 0 Å². The maximum atomic E-state index is 13.1. The van der Waals surface area contributed by atoms with Gasteiger partial charge in [0.15, 0.2) is 10.8 Å². The third kappa shape index (κ3) is 2.74. The van der Waals surface area contributed by atoms with E-state index in [1.807, 2.05) is 31.2 Å². The summed E-state index contributed by atoms with van der Waals surface area (Å²) >= 11 is 5.31. The first-order valence-corrected chi connectivity index (χ1v) is 8.72. The van der Waals surface area contributed by atoms with E-state index in [2.05, 4.69) is 16.0 Å². The number of rotatable bonds is 3. The first-order chi connectivity index (χ1) is 12.5. The largest absolute Gasteiger partial charge is 0.497 e.